The Morgan fingerprint density at radius 1 is 1.24 bits per heavy atom. The summed E-state index contributed by atoms with van der Waals surface area (Å²) < 4.78 is 6.04. The van der Waals surface area contributed by atoms with Crippen LogP contribution in [0.4, 0.5) is 0 Å². The SMILES string of the molecule is CNC(Cc1ccc(C)c(C)c1)C1(OC)CCC(C)CC1. The summed E-state index contributed by atoms with van der Waals surface area (Å²) in [5.74, 6) is 0.840. The van der Waals surface area contributed by atoms with E-state index in [-0.39, 0.29) is 5.60 Å². The van der Waals surface area contributed by atoms with Gasteiger partial charge in [-0.3, -0.25) is 0 Å². The zero-order valence-electron chi connectivity index (χ0n) is 14.3. The first-order valence-corrected chi connectivity index (χ1v) is 8.29. The molecular formula is C19H31NO. The lowest BCUT2D eigenvalue weighted by molar-refractivity contribution is -0.0730. The van der Waals surface area contributed by atoms with E-state index < -0.39 is 0 Å². The van der Waals surface area contributed by atoms with Crippen molar-refractivity contribution in [2.45, 2.75) is 64.5 Å². The van der Waals surface area contributed by atoms with Gasteiger partial charge in [-0.1, -0.05) is 25.1 Å². The summed E-state index contributed by atoms with van der Waals surface area (Å²) in [5.41, 5.74) is 4.16. The molecule has 21 heavy (non-hydrogen) atoms. The van der Waals surface area contributed by atoms with Crippen LogP contribution >= 0.6 is 0 Å². The third-order valence-corrected chi connectivity index (χ3v) is 5.52. The van der Waals surface area contributed by atoms with Gasteiger partial charge in [-0.05, 0) is 75.6 Å². The molecule has 1 aromatic carbocycles. The van der Waals surface area contributed by atoms with Crippen LogP contribution in [0, 0.1) is 19.8 Å². The second-order valence-electron chi connectivity index (χ2n) is 6.92. The minimum Gasteiger partial charge on any atom is -0.377 e. The highest BCUT2D eigenvalue weighted by Crippen LogP contribution is 2.37. The fraction of sp³-hybridized carbons (Fsp3) is 0.684. The molecule has 118 valence electrons. The number of hydrogen-bond acceptors (Lipinski definition) is 2. The molecule has 1 saturated carbocycles. The molecule has 0 aliphatic heterocycles. The molecule has 1 atom stereocenters. The van der Waals surface area contributed by atoms with Crippen LogP contribution in [-0.2, 0) is 11.2 Å². The summed E-state index contributed by atoms with van der Waals surface area (Å²) in [7, 11) is 3.96. The van der Waals surface area contributed by atoms with Crippen molar-refractivity contribution in [3.63, 3.8) is 0 Å². The van der Waals surface area contributed by atoms with Gasteiger partial charge in [0.1, 0.15) is 0 Å². The van der Waals surface area contributed by atoms with E-state index in [9.17, 15) is 0 Å². The maximum Gasteiger partial charge on any atom is 0.0834 e. The van der Waals surface area contributed by atoms with E-state index in [1.54, 1.807) is 0 Å². The lowest BCUT2D eigenvalue weighted by atomic mass is 9.73. The van der Waals surface area contributed by atoms with Crippen LogP contribution in [0.3, 0.4) is 0 Å². The Morgan fingerprint density at radius 2 is 1.90 bits per heavy atom. The third-order valence-electron chi connectivity index (χ3n) is 5.52. The molecule has 0 saturated heterocycles. The van der Waals surface area contributed by atoms with E-state index in [0.717, 1.165) is 12.3 Å². The first-order chi connectivity index (χ1) is 10.0. The second-order valence-corrected chi connectivity index (χ2v) is 6.92. The van der Waals surface area contributed by atoms with Gasteiger partial charge in [-0.15, -0.1) is 0 Å². The van der Waals surface area contributed by atoms with Crippen LogP contribution in [0.15, 0.2) is 18.2 Å². The molecule has 1 N–H and O–H groups in total. The van der Waals surface area contributed by atoms with Gasteiger partial charge < -0.3 is 10.1 Å². The quantitative estimate of drug-likeness (QED) is 0.883. The molecule has 2 nitrogen and oxygen atoms in total. The van der Waals surface area contributed by atoms with E-state index in [2.05, 4.69) is 51.3 Å². The largest absolute Gasteiger partial charge is 0.377 e. The van der Waals surface area contributed by atoms with Gasteiger partial charge in [0.15, 0.2) is 0 Å². The minimum absolute atomic E-state index is 0.0000504. The molecule has 0 amide bonds. The number of aryl methyl sites for hydroxylation is 2. The van der Waals surface area contributed by atoms with Gasteiger partial charge in [0.25, 0.3) is 0 Å². The zero-order chi connectivity index (χ0) is 15.5. The molecule has 1 aliphatic carbocycles. The zero-order valence-corrected chi connectivity index (χ0v) is 14.3. The van der Waals surface area contributed by atoms with Gasteiger partial charge in [-0.25, -0.2) is 0 Å². The molecule has 1 fully saturated rings. The van der Waals surface area contributed by atoms with Crippen molar-refractivity contribution < 1.29 is 4.74 Å². The highest BCUT2D eigenvalue weighted by Gasteiger charge is 2.40. The summed E-state index contributed by atoms with van der Waals surface area (Å²) in [6, 6.07) is 7.22. The van der Waals surface area contributed by atoms with Gasteiger partial charge >= 0.3 is 0 Å². The predicted molar refractivity (Wildman–Crippen MR) is 89.8 cm³/mol. The van der Waals surface area contributed by atoms with Crippen molar-refractivity contribution in [1.29, 1.82) is 0 Å². The summed E-state index contributed by atoms with van der Waals surface area (Å²) in [6.07, 6.45) is 5.93. The third kappa shape index (κ3) is 3.67. The Labute approximate surface area is 130 Å². The standard InChI is InChI=1S/C19H31NO/c1-14-8-10-19(21-5,11-9-14)18(20-4)13-17-7-6-15(2)16(3)12-17/h6-7,12,14,18,20H,8-11,13H2,1-5H3. The monoisotopic (exact) mass is 289 g/mol. The van der Waals surface area contributed by atoms with Crippen LogP contribution in [-0.4, -0.2) is 25.8 Å². The minimum atomic E-state index is 0.0000504. The second kappa shape index (κ2) is 6.93. The van der Waals surface area contributed by atoms with Crippen molar-refractivity contribution in [2.24, 2.45) is 5.92 Å². The molecule has 1 unspecified atom stereocenters. The van der Waals surface area contributed by atoms with Crippen molar-refractivity contribution in [3.8, 4) is 0 Å². The van der Waals surface area contributed by atoms with Crippen molar-refractivity contribution in [1.82, 2.24) is 5.32 Å². The van der Waals surface area contributed by atoms with Crippen LogP contribution < -0.4 is 5.32 Å². The molecule has 1 aliphatic rings. The number of benzene rings is 1. The van der Waals surface area contributed by atoms with E-state index in [0.29, 0.717) is 6.04 Å². The lowest BCUT2D eigenvalue weighted by Crippen LogP contribution is -2.54. The number of nitrogens with one attached hydrogen (secondary N) is 1. The van der Waals surface area contributed by atoms with Gasteiger partial charge in [0, 0.05) is 13.2 Å². The normalized spacial score (nSPS) is 27.6. The van der Waals surface area contributed by atoms with Crippen molar-refractivity contribution in [2.75, 3.05) is 14.2 Å². The smallest absolute Gasteiger partial charge is 0.0834 e. The molecule has 0 aromatic heterocycles. The molecule has 1 aromatic rings. The molecule has 0 bridgehead atoms. The summed E-state index contributed by atoms with van der Waals surface area (Å²) in [6.45, 7) is 6.73. The molecule has 2 heteroatoms. The van der Waals surface area contributed by atoms with Gasteiger partial charge in [0.2, 0.25) is 0 Å². The van der Waals surface area contributed by atoms with E-state index in [4.69, 9.17) is 4.74 Å². The number of hydrogen-bond donors (Lipinski definition) is 1. The fourth-order valence-electron chi connectivity index (χ4n) is 3.66. The molecule has 2 rings (SSSR count). The molecule has 0 radical (unpaired) electrons. The topological polar surface area (TPSA) is 21.3 Å². The predicted octanol–water partition coefficient (Wildman–Crippen LogP) is 4.03. The maximum absolute atomic E-state index is 6.04. The molecule has 0 heterocycles. The highest BCUT2D eigenvalue weighted by molar-refractivity contribution is 5.30. The van der Waals surface area contributed by atoms with E-state index in [1.807, 2.05) is 7.11 Å². The first kappa shape index (κ1) is 16.5. The van der Waals surface area contributed by atoms with Crippen LogP contribution in [0.2, 0.25) is 0 Å². The summed E-state index contributed by atoms with van der Waals surface area (Å²) in [5, 5.41) is 3.54. The summed E-state index contributed by atoms with van der Waals surface area (Å²) in [4.78, 5) is 0. The Bertz CT molecular complexity index is 461. The van der Waals surface area contributed by atoms with Crippen LogP contribution in [0.1, 0.15) is 49.3 Å². The van der Waals surface area contributed by atoms with Gasteiger partial charge in [-0.2, -0.15) is 0 Å². The Hall–Kier alpha value is -0.860. The number of methoxy groups -OCH3 is 1. The highest BCUT2D eigenvalue weighted by atomic mass is 16.5. The fourth-order valence-corrected chi connectivity index (χ4v) is 3.66. The maximum atomic E-state index is 6.04. The molecular weight excluding hydrogens is 258 g/mol. The number of ether oxygens (including phenoxy) is 1. The van der Waals surface area contributed by atoms with Crippen molar-refractivity contribution >= 4 is 0 Å². The van der Waals surface area contributed by atoms with Crippen molar-refractivity contribution in [3.05, 3.63) is 34.9 Å². The van der Waals surface area contributed by atoms with E-state index in [1.165, 1.54) is 42.4 Å². The first-order valence-electron chi connectivity index (χ1n) is 8.29. The average Bonchev–Trinajstić information content (AvgIpc) is 2.50. The van der Waals surface area contributed by atoms with E-state index >= 15 is 0 Å². The lowest BCUT2D eigenvalue weighted by Gasteiger charge is -2.44. The number of rotatable bonds is 5. The molecule has 0 spiro atoms. The van der Waals surface area contributed by atoms with Crippen LogP contribution in [0.25, 0.3) is 0 Å². The Kier molecular flexibility index (Phi) is 5.45. The number of likely N-dealkylation sites (N-methyl/N-ethyl adjacent to an activating group) is 1. The summed E-state index contributed by atoms with van der Waals surface area (Å²) >= 11 is 0. The van der Waals surface area contributed by atoms with Crippen LogP contribution in [0.5, 0.6) is 0 Å². The van der Waals surface area contributed by atoms with Gasteiger partial charge in [0.05, 0.1) is 5.60 Å². The average molecular weight is 289 g/mol. The Morgan fingerprint density at radius 3 is 2.43 bits per heavy atom. The Balaban J connectivity index is 2.15.